The number of furan rings is 1. The van der Waals surface area contributed by atoms with Crippen LogP contribution in [0.1, 0.15) is 0 Å². The van der Waals surface area contributed by atoms with Crippen LogP contribution in [0.15, 0.2) is 29.0 Å². The monoisotopic (exact) mass is 163 g/mol. The summed E-state index contributed by atoms with van der Waals surface area (Å²) in [4.78, 5) is 4.10. The van der Waals surface area contributed by atoms with Crippen LogP contribution >= 0.6 is 0 Å². The van der Waals surface area contributed by atoms with E-state index in [4.69, 9.17) is 10.2 Å². The van der Waals surface area contributed by atoms with Crippen molar-refractivity contribution in [1.82, 2.24) is 9.55 Å². The molecule has 0 aliphatic heterocycles. The number of nitrogens with zero attached hydrogens (tertiary/aromatic N) is 2. The van der Waals surface area contributed by atoms with E-state index in [2.05, 4.69) is 4.98 Å². The largest absolute Gasteiger partial charge is 0.461 e. The molecule has 2 heterocycles. The molecule has 0 fully saturated rings. The van der Waals surface area contributed by atoms with Crippen molar-refractivity contribution in [2.45, 2.75) is 0 Å². The van der Waals surface area contributed by atoms with E-state index < -0.39 is 0 Å². The highest BCUT2D eigenvalue weighted by Gasteiger charge is 2.07. The van der Waals surface area contributed by atoms with Gasteiger partial charge in [-0.25, -0.2) is 4.98 Å². The summed E-state index contributed by atoms with van der Waals surface area (Å²) >= 11 is 0. The Labute approximate surface area is 69.6 Å². The van der Waals surface area contributed by atoms with Gasteiger partial charge in [0, 0.05) is 13.2 Å². The first-order chi connectivity index (χ1) is 5.77. The molecule has 0 bridgehead atoms. The van der Waals surface area contributed by atoms with E-state index in [-0.39, 0.29) is 0 Å². The molecule has 2 rings (SSSR count). The molecule has 2 N–H and O–H groups in total. The lowest BCUT2D eigenvalue weighted by atomic mass is 10.4. The number of nitrogen functional groups attached to an aromatic ring is 1. The molecule has 2 aromatic rings. The maximum absolute atomic E-state index is 5.51. The Bertz CT molecular complexity index is 375. The zero-order chi connectivity index (χ0) is 8.55. The number of aryl methyl sites for hydroxylation is 1. The summed E-state index contributed by atoms with van der Waals surface area (Å²) < 4.78 is 7.00. The molecule has 0 saturated carbocycles. The number of anilines is 1. The summed E-state index contributed by atoms with van der Waals surface area (Å²) in [5.41, 5.74) is 5.51. The highest BCUT2D eigenvalue weighted by Crippen LogP contribution is 2.18. The maximum Gasteiger partial charge on any atom is 0.178 e. The summed E-state index contributed by atoms with van der Waals surface area (Å²) in [6.07, 6.45) is 3.36. The van der Waals surface area contributed by atoms with Crippen molar-refractivity contribution in [2.24, 2.45) is 7.05 Å². The minimum absolute atomic E-state index is 0.504. The van der Waals surface area contributed by atoms with Gasteiger partial charge in [0.1, 0.15) is 5.82 Å². The number of hydrogen-bond donors (Lipinski definition) is 1. The molecule has 4 heteroatoms. The highest BCUT2D eigenvalue weighted by atomic mass is 16.3. The second-order valence-electron chi connectivity index (χ2n) is 2.58. The van der Waals surface area contributed by atoms with Crippen LogP contribution in [-0.4, -0.2) is 9.55 Å². The van der Waals surface area contributed by atoms with Crippen LogP contribution in [0.3, 0.4) is 0 Å². The maximum atomic E-state index is 5.51. The van der Waals surface area contributed by atoms with Crippen LogP contribution in [0.5, 0.6) is 0 Å². The van der Waals surface area contributed by atoms with E-state index in [1.807, 2.05) is 23.7 Å². The van der Waals surface area contributed by atoms with Crippen LogP contribution in [0, 0.1) is 0 Å². The first kappa shape index (κ1) is 6.97. The second-order valence-corrected chi connectivity index (χ2v) is 2.58. The number of nitrogens with two attached hydrogens (primary N) is 1. The molecule has 62 valence electrons. The molecule has 0 unspecified atom stereocenters. The van der Waals surface area contributed by atoms with Gasteiger partial charge in [-0.15, -0.1) is 0 Å². The van der Waals surface area contributed by atoms with Crippen LogP contribution in [0.4, 0.5) is 5.82 Å². The van der Waals surface area contributed by atoms with E-state index in [1.54, 1.807) is 12.5 Å². The van der Waals surface area contributed by atoms with Gasteiger partial charge < -0.3 is 14.7 Å². The molecule has 4 nitrogen and oxygen atoms in total. The van der Waals surface area contributed by atoms with Gasteiger partial charge in [0.05, 0.1) is 6.26 Å². The van der Waals surface area contributed by atoms with Crippen molar-refractivity contribution < 1.29 is 4.42 Å². The number of imidazole rings is 1. The van der Waals surface area contributed by atoms with Gasteiger partial charge in [-0.05, 0) is 12.1 Å². The van der Waals surface area contributed by atoms with Gasteiger partial charge in [0.15, 0.2) is 11.6 Å². The van der Waals surface area contributed by atoms with Crippen molar-refractivity contribution in [3.05, 3.63) is 24.6 Å². The molecular weight excluding hydrogens is 154 g/mol. The fourth-order valence-electron chi connectivity index (χ4n) is 1.12. The molecule has 0 spiro atoms. The molecule has 0 amide bonds. The van der Waals surface area contributed by atoms with Gasteiger partial charge >= 0.3 is 0 Å². The summed E-state index contributed by atoms with van der Waals surface area (Å²) in [7, 11) is 1.88. The molecule has 0 aliphatic rings. The van der Waals surface area contributed by atoms with Gasteiger partial charge in [-0.3, -0.25) is 0 Å². The van der Waals surface area contributed by atoms with Crippen molar-refractivity contribution in [1.29, 1.82) is 0 Å². The summed E-state index contributed by atoms with van der Waals surface area (Å²) in [6, 6.07) is 3.67. The predicted octanol–water partition coefficient (Wildman–Crippen LogP) is 1.26. The summed E-state index contributed by atoms with van der Waals surface area (Å²) in [6.45, 7) is 0. The standard InChI is InChI=1S/C8H9N3O/c1-11-5-7(9)10-8(11)6-3-2-4-12-6/h2-5H,9H2,1H3. The molecule has 0 aromatic carbocycles. The average Bonchev–Trinajstić information content (AvgIpc) is 2.58. The van der Waals surface area contributed by atoms with Crippen LogP contribution < -0.4 is 5.73 Å². The number of rotatable bonds is 1. The summed E-state index contributed by atoms with van der Waals surface area (Å²) in [5.74, 6) is 1.98. The van der Waals surface area contributed by atoms with E-state index in [9.17, 15) is 0 Å². The molecular formula is C8H9N3O. The zero-order valence-corrected chi connectivity index (χ0v) is 6.69. The average molecular weight is 163 g/mol. The normalized spacial score (nSPS) is 10.4. The second kappa shape index (κ2) is 2.41. The Morgan fingerprint density at radius 2 is 2.42 bits per heavy atom. The van der Waals surface area contributed by atoms with Gasteiger partial charge in [0.2, 0.25) is 0 Å². The van der Waals surface area contributed by atoms with Gasteiger partial charge in [-0.2, -0.15) is 0 Å². The quantitative estimate of drug-likeness (QED) is 0.688. The molecule has 2 aromatic heterocycles. The lowest BCUT2D eigenvalue weighted by Gasteiger charge is -1.94. The number of hydrogen-bond acceptors (Lipinski definition) is 3. The molecule has 0 saturated heterocycles. The minimum atomic E-state index is 0.504. The third-order valence-corrected chi connectivity index (χ3v) is 1.64. The van der Waals surface area contributed by atoms with Crippen molar-refractivity contribution in [3.8, 4) is 11.6 Å². The van der Waals surface area contributed by atoms with Crippen LogP contribution in [0.25, 0.3) is 11.6 Å². The fourth-order valence-corrected chi connectivity index (χ4v) is 1.12. The minimum Gasteiger partial charge on any atom is -0.461 e. The van der Waals surface area contributed by atoms with Crippen molar-refractivity contribution in [2.75, 3.05) is 5.73 Å². The smallest absolute Gasteiger partial charge is 0.178 e. The topological polar surface area (TPSA) is 57.0 Å². The third-order valence-electron chi connectivity index (χ3n) is 1.64. The van der Waals surface area contributed by atoms with Crippen LogP contribution in [0.2, 0.25) is 0 Å². The lowest BCUT2D eigenvalue weighted by Crippen LogP contribution is -1.88. The van der Waals surface area contributed by atoms with Crippen molar-refractivity contribution in [3.63, 3.8) is 0 Å². The number of aromatic nitrogens is 2. The Balaban J connectivity index is 2.54. The van der Waals surface area contributed by atoms with E-state index in [0.717, 1.165) is 11.6 Å². The zero-order valence-electron chi connectivity index (χ0n) is 6.69. The Morgan fingerprint density at radius 3 is 2.92 bits per heavy atom. The van der Waals surface area contributed by atoms with Crippen molar-refractivity contribution >= 4 is 5.82 Å². The molecule has 0 radical (unpaired) electrons. The highest BCUT2D eigenvalue weighted by molar-refractivity contribution is 5.50. The first-order valence-corrected chi connectivity index (χ1v) is 3.60. The van der Waals surface area contributed by atoms with E-state index in [0.29, 0.717) is 5.82 Å². The first-order valence-electron chi connectivity index (χ1n) is 3.60. The molecule has 12 heavy (non-hydrogen) atoms. The Morgan fingerprint density at radius 1 is 1.58 bits per heavy atom. The molecule has 0 atom stereocenters. The lowest BCUT2D eigenvalue weighted by molar-refractivity contribution is 0.574. The van der Waals surface area contributed by atoms with E-state index in [1.165, 1.54) is 0 Å². The van der Waals surface area contributed by atoms with Gasteiger partial charge in [-0.1, -0.05) is 0 Å². The Hall–Kier alpha value is -1.71. The SMILES string of the molecule is Cn1cc(N)nc1-c1ccco1. The Kier molecular flexibility index (Phi) is 1.40. The van der Waals surface area contributed by atoms with Crippen LogP contribution in [-0.2, 0) is 7.05 Å². The fraction of sp³-hybridized carbons (Fsp3) is 0.125. The predicted molar refractivity (Wildman–Crippen MR) is 45.3 cm³/mol. The molecule has 0 aliphatic carbocycles. The van der Waals surface area contributed by atoms with Gasteiger partial charge in [0.25, 0.3) is 0 Å². The third kappa shape index (κ3) is 0.972. The summed E-state index contributed by atoms with van der Waals surface area (Å²) in [5, 5.41) is 0. The van der Waals surface area contributed by atoms with E-state index >= 15 is 0 Å².